The second-order valence-electron chi connectivity index (χ2n) is 5.52. The number of halogens is 1. The molecule has 0 fully saturated rings. The number of benzene rings is 2. The molecule has 132 valence electrons. The van der Waals surface area contributed by atoms with Gasteiger partial charge in [-0.3, -0.25) is 0 Å². The summed E-state index contributed by atoms with van der Waals surface area (Å²) in [5, 5.41) is 0. The smallest absolute Gasteiger partial charge is 0.285 e. The lowest BCUT2D eigenvalue weighted by molar-refractivity contribution is 0.187. The molecule has 3 rings (SSSR count). The Bertz CT molecular complexity index is 1070. The topological polar surface area (TPSA) is 60.7 Å². The van der Waals surface area contributed by atoms with E-state index in [9.17, 15) is 8.42 Å². The van der Waals surface area contributed by atoms with E-state index >= 15 is 0 Å². The van der Waals surface area contributed by atoms with Crippen molar-refractivity contribution in [2.75, 3.05) is 13.7 Å². The van der Waals surface area contributed by atoms with Crippen molar-refractivity contribution in [2.24, 2.45) is 4.40 Å². The lowest BCUT2D eigenvalue weighted by Gasteiger charge is -2.04. The molecule has 0 aliphatic carbocycles. The number of rotatable bonds is 5. The van der Waals surface area contributed by atoms with E-state index in [4.69, 9.17) is 4.74 Å². The van der Waals surface area contributed by atoms with E-state index in [2.05, 4.69) is 20.3 Å². The normalized spacial score (nSPS) is 12.8. The predicted molar refractivity (Wildman–Crippen MR) is 103 cm³/mol. The summed E-state index contributed by atoms with van der Waals surface area (Å²) < 4.78 is 38.4. The van der Waals surface area contributed by atoms with Gasteiger partial charge < -0.3 is 9.30 Å². The molecule has 0 saturated heterocycles. The van der Waals surface area contributed by atoms with E-state index in [1.165, 1.54) is 11.3 Å². The van der Waals surface area contributed by atoms with Gasteiger partial charge in [-0.2, -0.15) is 8.42 Å². The van der Waals surface area contributed by atoms with Crippen molar-refractivity contribution in [3.8, 4) is 0 Å². The van der Waals surface area contributed by atoms with Gasteiger partial charge in [0.25, 0.3) is 10.0 Å². The van der Waals surface area contributed by atoms with Crippen LogP contribution in [0.3, 0.4) is 0 Å². The summed E-state index contributed by atoms with van der Waals surface area (Å²) in [6.45, 7) is 2.91. The zero-order valence-electron chi connectivity index (χ0n) is 13.8. The average molecular weight is 441 g/mol. The van der Waals surface area contributed by atoms with E-state index in [0.29, 0.717) is 18.0 Å². The summed E-state index contributed by atoms with van der Waals surface area (Å²) in [5.74, 6) is 0. The van der Waals surface area contributed by atoms with E-state index in [1.54, 1.807) is 31.4 Å². The second kappa shape index (κ2) is 7.41. The van der Waals surface area contributed by atoms with E-state index < -0.39 is 10.0 Å². The van der Waals surface area contributed by atoms with Crippen LogP contribution in [0.1, 0.15) is 5.56 Å². The molecule has 1 aromatic heterocycles. The minimum atomic E-state index is -3.77. The van der Waals surface area contributed by atoms with Crippen LogP contribution in [0, 0.1) is 6.92 Å². The van der Waals surface area contributed by atoms with Crippen LogP contribution < -0.4 is 4.80 Å². The quantitative estimate of drug-likeness (QED) is 0.607. The number of nitrogens with zero attached hydrogens (tertiary/aromatic N) is 2. The Balaban J connectivity index is 2.18. The number of hydrogen-bond acceptors (Lipinski definition) is 4. The van der Waals surface area contributed by atoms with Crippen molar-refractivity contribution >= 4 is 47.5 Å². The maximum atomic E-state index is 12.7. The van der Waals surface area contributed by atoms with Crippen molar-refractivity contribution in [2.45, 2.75) is 18.4 Å². The monoisotopic (exact) mass is 440 g/mol. The highest BCUT2D eigenvalue weighted by Crippen LogP contribution is 2.23. The number of sulfonamides is 1. The summed E-state index contributed by atoms with van der Waals surface area (Å²) in [4.78, 5) is 0.626. The Morgan fingerprint density at radius 3 is 2.60 bits per heavy atom. The van der Waals surface area contributed by atoms with E-state index in [1.807, 2.05) is 29.7 Å². The molecule has 0 unspecified atom stereocenters. The number of hydrogen-bond donors (Lipinski definition) is 0. The zero-order chi connectivity index (χ0) is 18.0. The van der Waals surface area contributed by atoms with Crippen molar-refractivity contribution in [3.63, 3.8) is 0 Å². The third-order valence-corrected chi connectivity index (χ3v) is 6.61. The molecule has 0 N–H and O–H groups in total. The first-order valence-corrected chi connectivity index (χ1v) is 10.6. The lowest BCUT2D eigenvalue weighted by atomic mass is 10.2. The van der Waals surface area contributed by atoms with Crippen LogP contribution >= 0.6 is 27.3 Å². The molecule has 25 heavy (non-hydrogen) atoms. The first-order valence-electron chi connectivity index (χ1n) is 7.56. The van der Waals surface area contributed by atoms with Crippen LogP contribution in [0.2, 0.25) is 0 Å². The van der Waals surface area contributed by atoms with Gasteiger partial charge in [0.15, 0.2) is 0 Å². The van der Waals surface area contributed by atoms with Gasteiger partial charge in [0.2, 0.25) is 4.80 Å². The highest BCUT2D eigenvalue weighted by atomic mass is 79.9. The molecule has 0 spiro atoms. The van der Waals surface area contributed by atoms with Crippen LogP contribution in [0.5, 0.6) is 0 Å². The summed E-state index contributed by atoms with van der Waals surface area (Å²) in [6.07, 6.45) is 0. The number of methoxy groups -OCH3 is 1. The van der Waals surface area contributed by atoms with Gasteiger partial charge in [-0.25, -0.2) is 0 Å². The minimum absolute atomic E-state index is 0.190. The molecule has 3 aromatic rings. The number of ether oxygens (including phenoxy) is 1. The van der Waals surface area contributed by atoms with Crippen molar-refractivity contribution < 1.29 is 13.2 Å². The molecular weight excluding hydrogens is 424 g/mol. The SMILES string of the molecule is COCCn1/c(=N/S(=O)(=O)c2ccc(C)cc2)sc2cc(Br)ccc21. The summed E-state index contributed by atoms with van der Waals surface area (Å²) >= 11 is 4.79. The third-order valence-electron chi connectivity index (χ3n) is 3.68. The van der Waals surface area contributed by atoms with Crippen LogP contribution in [0.4, 0.5) is 0 Å². The summed E-state index contributed by atoms with van der Waals surface area (Å²) in [7, 11) is -2.16. The molecular formula is C17H17BrN2O3S2. The molecule has 0 amide bonds. The molecule has 0 radical (unpaired) electrons. The second-order valence-corrected chi connectivity index (χ2v) is 9.05. The minimum Gasteiger partial charge on any atom is -0.383 e. The molecule has 0 bridgehead atoms. The van der Waals surface area contributed by atoms with Gasteiger partial charge in [-0.05, 0) is 37.3 Å². The van der Waals surface area contributed by atoms with Crippen molar-refractivity contribution in [1.29, 1.82) is 0 Å². The highest BCUT2D eigenvalue weighted by Gasteiger charge is 2.14. The maximum Gasteiger partial charge on any atom is 0.285 e. The molecule has 1 heterocycles. The Morgan fingerprint density at radius 2 is 1.92 bits per heavy atom. The van der Waals surface area contributed by atoms with E-state index in [0.717, 1.165) is 20.3 Å². The number of aryl methyl sites for hydroxylation is 1. The standard InChI is InChI=1S/C17H17BrN2O3S2/c1-12-3-6-14(7-4-12)25(21,22)19-17-20(9-10-23-2)15-8-5-13(18)11-16(15)24-17/h3-8,11H,9-10H2,1-2H3/b19-17-. The summed E-state index contributed by atoms with van der Waals surface area (Å²) in [5.41, 5.74) is 1.93. The van der Waals surface area contributed by atoms with Gasteiger partial charge in [0.05, 0.1) is 21.7 Å². The summed E-state index contributed by atoms with van der Waals surface area (Å²) in [6, 6.07) is 12.5. The fourth-order valence-electron chi connectivity index (χ4n) is 2.38. The fraction of sp³-hybridized carbons (Fsp3) is 0.235. The third kappa shape index (κ3) is 4.03. The number of fused-ring (bicyclic) bond motifs is 1. The number of aromatic nitrogens is 1. The predicted octanol–water partition coefficient (Wildman–Crippen LogP) is 3.71. The van der Waals surface area contributed by atoms with Gasteiger partial charge >= 0.3 is 0 Å². The highest BCUT2D eigenvalue weighted by molar-refractivity contribution is 9.10. The Morgan fingerprint density at radius 1 is 1.20 bits per heavy atom. The Labute approximate surface area is 158 Å². The maximum absolute atomic E-state index is 12.7. The molecule has 0 aliphatic heterocycles. The van der Waals surface area contributed by atoms with Crippen LogP contribution in [-0.2, 0) is 21.3 Å². The molecule has 8 heteroatoms. The molecule has 0 saturated carbocycles. The van der Waals surface area contributed by atoms with Gasteiger partial charge in [-0.1, -0.05) is 45.0 Å². The van der Waals surface area contributed by atoms with Crippen molar-refractivity contribution in [1.82, 2.24) is 4.57 Å². The van der Waals surface area contributed by atoms with E-state index in [-0.39, 0.29) is 4.90 Å². The Kier molecular flexibility index (Phi) is 5.43. The number of thiazole rings is 1. The zero-order valence-corrected chi connectivity index (χ0v) is 17.0. The van der Waals surface area contributed by atoms with Crippen LogP contribution in [0.25, 0.3) is 10.2 Å². The van der Waals surface area contributed by atoms with Gasteiger partial charge in [-0.15, -0.1) is 4.40 Å². The van der Waals surface area contributed by atoms with Crippen molar-refractivity contribution in [3.05, 3.63) is 57.3 Å². The lowest BCUT2D eigenvalue weighted by Crippen LogP contribution is -2.19. The molecule has 5 nitrogen and oxygen atoms in total. The van der Waals surface area contributed by atoms with Crippen LogP contribution in [-0.4, -0.2) is 26.7 Å². The molecule has 0 atom stereocenters. The first kappa shape index (κ1) is 18.3. The fourth-order valence-corrected chi connectivity index (χ4v) is 5.19. The van der Waals surface area contributed by atoms with Gasteiger partial charge in [0, 0.05) is 18.1 Å². The van der Waals surface area contributed by atoms with Crippen LogP contribution in [0.15, 0.2) is 56.2 Å². The molecule has 2 aromatic carbocycles. The first-order chi connectivity index (χ1) is 11.9. The Hall–Kier alpha value is -1.48. The average Bonchev–Trinajstić information content (AvgIpc) is 2.88. The largest absolute Gasteiger partial charge is 0.383 e. The molecule has 0 aliphatic rings. The van der Waals surface area contributed by atoms with Gasteiger partial charge in [0.1, 0.15) is 0 Å².